The molecule has 0 aliphatic carbocycles. The van der Waals surface area contributed by atoms with E-state index in [1.165, 1.54) is 12.1 Å². The molecule has 1 aliphatic rings. The smallest absolute Gasteiger partial charge is 0.327 e. The molecule has 1 saturated heterocycles. The van der Waals surface area contributed by atoms with E-state index in [0.29, 0.717) is 12.1 Å². The minimum atomic E-state index is -4.27. The van der Waals surface area contributed by atoms with Gasteiger partial charge in [-0.1, -0.05) is 19.9 Å². The summed E-state index contributed by atoms with van der Waals surface area (Å²) in [6.07, 6.45) is -3.35. The molecule has 1 aliphatic heterocycles. The Morgan fingerprint density at radius 1 is 1.32 bits per heavy atom. The third kappa shape index (κ3) is 4.37. The van der Waals surface area contributed by atoms with Crippen molar-refractivity contribution in [1.29, 1.82) is 0 Å². The summed E-state index contributed by atoms with van der Waals surface area (Å²) in [7, 11) is 0. The molecule has 1 atom stereocenters. The first-order valence-corrected chi connectivity index (χ1v) is 7.24. The lowest BCUT2D eigenvalue weighted by Crippen LogP contribution is -2.52. The molecule has 2 rings (SSSR count). The molecule has 1 heterocycles. The Hall–Kier alpha value is -0.780. The molecule has 0 saturated carbocycles. The molecule has 1 fully saturated rings. The molecule has 0 amide bonds. The Morgan fingerprint density at radius 3 is 2.45 bits per heavy atom. The normalized spacial score (nSPS) is 22.2. The quantitative estimate of drug-likeness (QED) is 0.884. The summed E-state index contributed by atoms with van der Waals surface area (Å²) in [5.74, 6) is 0. The standard InChI is InChI=1S/C16H23F3N2.ClH/c1-11-8-13(16(17,18)19)5-4-12(11)9-21-7-6-14(20)15(2,3)10-21;/h4-5,8,14H,6-7,9-10,20H2,1-3H3;1H. The van der Waals surface area contributed by atoms with Gasteiger partial charge in [0.25, 0.3) is 0 Å². The first kappa shape index (κ1) is 19.3. The van der Waals surface area contributed by atoms with Gasteiger partial charge in [0.2, 0.25) is 0 Å². The molecule has 22 heavy (non-hydrogen) atoms. The van der Waals surface area contributed by atoms with Gasteiger partial charge in [-0.05, 0) is 42.0 Å². The molecule has 1 aromatic rings. The number of alkyl halides is 3. The lowest BCUT2D eigenvalue weighted by molar-refractivity contribution is -0.137. The highest BCUT2D eigenvalue weighted by Crippen LogP contribution is 2.32. The Morgan fingerprint density at radius 2 is 1.95 bits per heavy atom. The molecule has 0 radical (unpaired) electrons. The average Bonchev–Trinajstić information content (AvgIpc) is 2.34. The first-order chi connectivity index (χ1) is 9.59. The molecule has 0 spiro atoms. The van der Waals surface area contributed by atoms with Crippen LogP contribution in [0.2, 0.25) is 0 Å². The van der Waals surface area contributed by atoms with E-state index in [1.54, 1.807) is 13.0 Å². The number of rotatable bonds is 2. The molecule has 2 nitrogen and oxygen atoms in total. The van der Waals surface area contributed by atoms with Crippen molar-refractivity contribution in [3.63, 3.8) is 0 Å². The second-order valence-electron chi connectivity index (χ2n) is 6.73. The molecule has 1 unspecified atom stereocenters. The number of hydrogen-bond acceptors (Lipinski definition) is 2. The highest BCUT2D eigenvalue weighted by atomic mass is 35.5. The second-order valence-corrected chi connectivity index (χ2v) is 6.73. The highest BCUT2D eigenvalue weighted by molar-refractivity contribution is 5.85. The number of benzene rings is 1. The summed E-state index contributed by atoms with van der Waals surface area (Å²) < 4.78 is 38.0. The van der Waals surface area contributed by atoms with E-state index < -0.39 is 11.7 Å². The van der Waals surface area contributed by atoms with Crippen molar-refractivity contribution >= 4 is 12.4 Å². The third-order valence-corrected chi connectivity index (χ3v) is 4.46. The van der Waals surface area contributed by atoms with Gasteiger partial charge in [0.05, 0.1) is 5.56 Å². The maximum Gasteiger partial charge on any atom is 0.416 e. The van der Waals surface area contributed by atoms with Crippen LogP contribution in [0.25, 0.3) is 0 Å². The molecule has 2 N–H and O–H groups in total. The molecule has 6 heteroatoms. The van der Waals surface area contributed by atoms with Crippen molar-refractivity contribution in [2.24, 2.45) is 11.1 Å². The fraction of sp³-hybridized carbons (Fsp3) is 0.625. The second kappa shape index (κ2) is 6.77. The van der Waals surface area contributed by atoms with Crippen LogP contribution >= 0.6 is 12.4 Å². The molecular weight excluding hydrogens is 313 g/mol. The van der Waals surface area contributed by atoms with Crippen LogP contribution < -0.4 is 5.73 Å². The van der Waals surface area contributed by atoms with Gasteiger partial charge in [0.1, 0.15) is 0 Å². The maximum atomic E-state index is 12.7. The van der Waals surface area contributed by atoms with Crippen LogP contribution in [0.4, 0.5) is 13.2 Å². The summed E-state index contributed by atoms with van der Waals surface area (Å²) in [4.78, 5) is 2.28. The Labute approximate surface area is 136 Å². The van der Waals surface area contributed by atoms with Gasteiger partial charge >= 0.3 is 6.18 Å². The van der Waals surface area contributed by atoms with Crippen LogP contribution in [0.3, 0.4) is 0 Å². The molecule has 0 bridgehead atoms. The lowest BCUT2D eigenvalue weighted by Gasteiger charge is -2.42. The van der Waals surface area contributed by atoms with Gasteiger partial charge in [-0.2, -0.15) is 13.2 Å². The molecule has 126 valence electrons. The van der Waals surface area contributed by atoms with Crippen LogP contribution in [0.1, 0.15) is 37.0 Å². The highest BCUT2D eigenvalue weighted by Gasteiger charge is 2.34. The summed E-state index contributed by atoms with van der Waals surface area (Å²) in [6.45, 7) is 8.47. The van der Waals surface area contributed by atoms with Crippen LogP contribution in [0, 0.1) is 12.3 Å². The van der Waals surface area contributed by atoms with Crippen LogP contribution in [-0.4, -0.2) is 24.0 Å². The van der Waals surface area contributed by atoms with Crippen molar-refractivity contribution in [2.45, 2.75) is 46.0 Å². The van der Waals surface area contributed by atoms with Crippen molar-refractivity contribution < 1.29 is 13.2 Å². The Balaban J connectivity index is 0.00000242. The zero-order valence-electron chi connectivity index (χ0n) is 13.2. The predicted octanol–water partition coefficient (Wildman–Crippen LogP) is 3.99. The van der Waals surface area contributed by atoms with E-state index in [9.17, 15) is 13.2 Å². The van der Waals surface area contributed by atoms with E-state index in [0.717, 1.165) is 25.1 Å². The number of nitrogens with two attached hydrogens (primary N) is 1. The number of nitrogens with zero attached hydrogens (tertiary/aromatic N) is 1. The van der Waals surface area contributed by atoms with E-state index in [1.807, 2.05) is 0 Å². The van der Waals surface area contributed by atoms with Gasteiger partial charge in [-0.15, -0.1) is 12.4 Å². The fourth-order valence-electron chi connectivity index (χ4n) is 2.91. The van der Waals surface area contributed by atoms with Crippen molar-refractivity contribution in [2.75, 3.05) is 13.1 Å². The minimum Gasteiger partial charge on any atom is -0.327 e. The Kier molecular flexibility index (Phi) is 5.93. The Bertz CT molecular complexity index is 515. The first-order valence-electron chi connectivity index (χ1n) is 7.24. The number of piperidine rings is 1. The number of halogens is 4. The van der Waals surface area contributed by atoms with Crippen LogP contribution in [0.5, 0.6) is 0 Å². The summed E-state index contributed by atoms with van der Waals surface area (Å²) in [6, 6.07) is 4.18. The van der Waals surface area contributed by atoms with E-state index in [-0.39, 0.29) is 23.9 Å². The van der Waals surface area contributed by atoms with Gasteiger partial charge in [0, 0.05) is 25.7 Å². The molecular formula is C16H24ClF3N2. The van der Waals surface area contributed by atoms with Crippen LogP contribution in [-0.2, 0) is 12.7 Å². The monoisotopic (exact) mass is 336 g/mol. The summed E-state index contributed by atoms with van der Waals surface area (Å²) >= 11 is 0. The van der Waals surface area contributed by atoms with Gasteiger partial charge < -0.3 is 5.73 Å². The number of hydrogen-bond donors (Lipinski definition) is 1. The zero-order chi connectivity index (χ0) is 15.8. The third-order valence-electron chi connectivity index (χ3n) is 4.46. The predicted molar refractivity (Wildman–Crippen MR) is 85.1 cm³/mol. The summed E-state index contributed by atoms with van der Waals surface area (Å²) in [5.41, 5.74) is 7.22. The number of aryl methyl sites for hydroxylation is 1. The van der Waals surface area contributed by atoms with Crippen molar-refractivity contribution in [3.8, 4) is 0 Å². The zero-order valence-corrected chi connectivity index (χ0v) is 14.0. The maximum absolute atomic E-state index is 12.7. The minimum absolute atomic E-state index is 0. The largest absolute Gasteiger partial charge is 0.416 e. The van der Waals surface area contributed by atoms with Crippen molar-refractivity contribution in [1.82, 2.24) is 4.90 Å². The molecule has 0 aromatic heterocycles. The van der Waals surface area contributed by atoms with Crippen LogP contribution in [0.15, 0.2) is 18.2 Å². The summed E-state index contributed by atoms with van der Waals surface area (Å²) in [5, 5.41) is 0. The SMILES string of the molecule is Cc1cc(C(F)(F)F)ccc1CN1CCC(N)C(C)(C)C1.Cl. The van der Waals surface area contributed by atoms with Gasteiger partial charge in [0.15, 0.2) is 0 Å². The van der Waals surface area contributed by atoms with E-state index in [4.69, 9.17) is 5.73 Å². The van der Waals surface area contributed by atoms with Gasteiger partial charge in [-0.3, -0.25) is 4.90 Å². The topological polar surface area (TPSA) is 29.3 Å². The fourth-order valence-corrected chi connectivity index (χ4v) is 2.91. The average molecular weight is 337 g/mol. The van der Waals surface area contributed by atoms with Gasteiger partial charge in [-0.25, -0.2) is 0 Å². The van der Waals surface area contributed by atoms with Crippen molar-refractivity contribution in [3.05, 3.63) is 34.9 Å². The lowest BCUT2D eigenvalue weighted by atomic mass is 9.79. The van der Waals surface area contributed by atoms with E-state index >= 15 is 0 Å². The molecule has 1 aromatic carbocycles. The van der Waals surface area contributed by atoms with E-state index in [2.05, 4.69) is 18.7 Å². The number of likely N-dealkylation sites (tertiary alicyclic amines) is 1.